The van der Waals surface area contributed by atoms with Gasteiger partial charge in [0.05, 0.1) is 5.52 Å². The predicted molar refractivity (Wildman–Crippen MR) is 86.9 cm³/mol. The smallest absolute Gasteiger partial charge is 0.272 e. The second-order valence-corrected chi connectivity index (χ2v) is 4.65. The third-order valence-corrected chi connectivity index (χ3v) is 3.31. The van der Waals surface area contributed by atoms with Crippen LogP contribution in [0.4, 0.5) is 0 Å². The van der Waals surface area contributed by atoms with Crippen LogP contribution < -0.4 is 11.1 Å². The molecule has 0 aliphatic carbocycles. The molecule has 2 aromatic heterocycles. The van der Waals surface area contributed by atoms with E-state index in [0.29, 0.717) is 18.8 Å². The second kappa shape index (κ2) is 6.56. The maximum atomic E-state index is 12.2. The Morgan fingerprint density at radius 1 is 1.24 bits per heavy atom. The van der Waals surface area contributed by atoms with E-state index in [9.17, 15) is 4.79 Å². The first-order chi connectivity index (χ1) is 9.81. The van der Waals surface area contributed by atoms with E-state index in [1.165, 1.54) is 0 Å². The van der Waals surface area contributed by atoms with Crippen LogP contribution in [0.15, 0.2) is 36.5 Å². The van der Waals surface area contributed by atoms with Crippen molar-refractivity contribution in [2.75, 3.05) is 13.1 Å². The van der Waals surface area contributed by atoms with Crippen LogP contribution in [-0.4, -0.2) is 29.0 Å². The van der Waals surface area contributed by atoms with Gasteiger partial charge in [0.15, 0.2) is 5.69 Å². The summed E-state index contributed by atoms with van der Waals surface area (Å²) in [6.45, 7) is 1.12. The fourth-order valence-corrected chi connectivity index (χ4v) is 2.33. The monoisotopic (exact) mass is 304 g/mol. The minimum Gasteiger partial charge on any atom is -0.353 e. The topological polar surface area (TPSA) is 83.8 Å². The maximum Gasteiger partial charge on any atom is 0.272 e. The summed E-state index contributed by atoms with van der Waals surface area (Å²) in [5, 5.41) is 4.95. The van der Waals surface area contributed by atoms with E-state index in [-0.39, 0.29) is 18.3 Å². The van der Waals surface area contributed by atoms with E-state index in [1.807, 2.05) is 30.3 Å². The van der Waals surface area contributed by atoms with Crippen molar-refractivity contribution >= 4 is 40.1 Å². The summed E-state index contributed by atoms with van der Waals surface area (Å²) in [5.41, 5.74) is 7.63. The predicted octanol–water partition coefficient (Wildman–Crippen LogP) is 2.22. The van der Waals surface area contributed by atoms with E-state index >= 15 is 0 Å². The Kier molecular flexibility index (Phi) is 4.77. The number of nitrogens with zero attached hydrogens (tertiary/aromatic N) is 1. The van der Waals surface area contributed by atoms with Crippen molar-refractivity contribution in [3.63, 3.8) is 0 Å². The summed E-state index contributed by atoms with van der Waals surface area (Å²) in [4.78, 5) is 19.7. The molecule has 2 heterocycles. The highest BCUT2D eigenvalue weighted by Gasteiger charge is 2.14. The molecule has 110 valence electrons. The zero-order valence-electron chi connectivity index (χ0n) is 11.4. The van der Waals surface area contributed by atoms with Gasteiger partial charge < -0.3 is 16.0 Å². The molecule has 0 aliphatic heterocycles. The number of aromatic amines is 1. The number of rotatable bonds is 4. The highest BCUT2D eigenvalue weighted by molar-refractivity contribution is 6.13. The molecule has 0 saturated heterocycles. The molecule has 0 bridgehead atoms. The highest BCUT2D eigenvalue weighted by atomic mass is 35.5. The number of aromatic nitrogens is 2. The molecule has 1 amide bonds. The number of benzene rings is 1. The van der Waals surface area contributed by atoms with Crippen LogP contribution in [0, 0.1) is 0 Å². The third kappa shape index (κ3) is 2.84. The van der Waals surface area contributed by atoms with E-state index in [1.54, 1.807) is 6.20 Å². The van der Waals surface area contributed by atoms with Crippen molar-refractivity contribution in [2.24, 2.45) is 5.73 Å². The lowest BCUT2D eigenvalue weighted by molar-refractivity contribution is 0.0950. The van der Waals surface area contributed by atoms with Crippen molar-refractivity contribution in [3.05, 3.63) is 42.2 Å². The molecule has 1 aromatic carbocycles. The number of nitrogens with one attached hydrogen (secondary N) is 2. The summed E-state index contributed by atoms with van der Waals surface area (Å²) in [6, 6.07) is 9.89. The van der Waals surface area contributed by atoms with E-state index in [4.69, 9.17) is 5.73 Å². The normalized spacial score (nSPS) is 10.5. The molecular weight excluding hydrogens is 288 g/mol. The van der Waals surface area contributed by atoms with Crippen LogP contribution in [0.25, 0.3) is 21.8 Å². The van der Waals surface area contributed by atoms with Gasteiger partial charge in [-0.15, -0.1) is 12.4 Å². The van der Waals surface area contributed by atoms with Gasteiger partial charge in [0.2, 0.25) is 0 Å². The van der Waals surface area contributed by atoms with Gasteiger partial charge in [-0.3, -0.25) is 4.79 Å². The van der Waals surface area contributed by atoms with Crippen LogP contribution in [0.5, 0.6) is 0 Å². The zero-order chi connectivity index (χ0) is 13.9. The summed E-state index contributed by atoms with van der Waals surface area (Å²) >= 11 is 0. The summed E-state index contributed by atoms with van der Waals surface area (Å²) in [7, 11) is 0. The summed E-state index contributed by atoms with van der Waals surface area (Å²) in [5.74, 6) is -0.171. The minimum atomic E-state index is -0.171. The first-order valence-electron chi connectivity index (χ1n) is 6.65. The molecule has 0 unspecified atom stereocenters. The van der Waals surface area contributed by atoms with Crippen LogP contribution in [0.2, 0.25) is 0 Å². The number of hydrogen-bond acceptors (Lipinski definition) is 3. The number of pyridine rings is 1. The Morgan fingerprint density at radius 2 is 2.05 bits per heavy atom. The first kappa shape index (κ1) is 15.3. The fourth-order valence-electron chi connectivity index (χ4n) is 2.33. The summed E-state index contributed by atoms with van der Waals surface area (Å²) < 4.78 is 0. The molecule has 0 saturated carbocycles. The van der Waals surface area contributed by atoms with Crippen LogP contribution in [0.1, 0.15) is 16.9 Å². The lowest BCUT2D eigenvalue weighted by Crippen LogP contribution is -2.27. The van der Waals surface area contributed by atoms with Crippen molar-refractivity contribution in [2.45, 2.75) is 6.42 Å². The molecule has 0 fully saturated rings. The van der Waals surface area contributed by atoms with Crippen LogP contribution in [0.3, 0.4) is 0 Å². The quantitative estimate of drug-likeness (QED) is 0.646. The largest absolute Gasteiger partial charge is 0.353 e. The third-order valence-electron chi connectivity index (χ3n) is 3.31. The first-order valence-corrected chi connectivity index (χ1v) is 6.65. The fraction of sp³-hybridized carbons (Fsp3) is 0.200. The van der Waals surface area contributed by atoms with Gasteiger partial charge in [0, 0.05) is 29.0 Å². The molecule has 0 radical (unpaired) electrons. The Balaban J connectivity index is 0.00000161. The second-order valence-electron chi connectivity index (χ2n) is 4.65. The van der Waals surface area contributed by atoms with Gasteiger partial charge in [0.25, 0.3) is 5.91 Å². The Bertz CT molecular complexity index is 769. The number of H-pyrrole nitrogens is 1. The molecule has 5 nitrogen and oxygen atoms in total. The van der Waals surface area contributed by atoms with Crippen molar-refractivity contribution in [1.82, 2.24) is 15.3 Å². The number of hydrogen-bond donors (Lipinski definition) is 3. The maximum absolute atomic E-state index is 12.2. The number of carbonyl (C=O) groups excluding carboxylic acids is 1. The molecule has 21 heavy (non-hydrogen) atoms. The molecule has 0 spiro atoms. The highest BCUT2D eigenvalue weighted by Crippen LogP contribution is 2.26. The molecule has 0 aliphatic rings. The average molecular weight is 305 g/mol. The lowest BCUT2D eigenvalue weighted by Gasteiger charge is -2.04. The number of para-hydroxylation sites is 1. The van der Waals surface area contributed by atoms with Crippen molar-refractivity contribution in [1.29, 1.82) is 0 Å². The zero-order valence-corrected chi connectivity index (χ0v) is 12.2. The van der Waals surface area contributed by atoms with E-state index < -0.39 is 0 Å². The van der Waals surface area contributed by atoms with Gasteiger partial charge in [0.1, 0.15) is 0 Å². The van der Waals surface area contributed by atoms with E-state index in [0.717, 1.165) is 28.2 Å². The van der Waals surface area contributed by atoms with E-state index in [2.05, 4.69) is 15.3 Å². The number of nitrogens with two attached hydrogens (primary N) is 1. The molecule has 6 heteroatoms. The Labute approximate surface area is 128 Å². The SMILES string of the molecule is Cl.NCCCNC(=O)c1nccc2c1[nH]c1ccccc12. The van der Waals surface area contributed by atoms with Gasteiger partial charge in [-0.25, -0.2) is 4.98 Å². The molecular formula is C15H17ClN4O. The van der Waals surface area contributed by atoms with Crippen molar-refractivity contribution < 1.29 is 4.79 Å². The number of amides is 1. The molecule has 0 atom stereocenters. The van der Waals surface area contributed by atoms with Gasteiger partial charge in [-0.2, -0.15) is 0 Å². The lowest BCUT2D eigenvalue weighted by atomic mass is 10.1. The van der Waals surface area contributed by atoms with Gasteiger partial charge in [-0.05, 0) is 25.1 Å². The van der Waals surface area contributed by atoms with Crippen LogP contribution >= 0.6 is 12.4 Å². The molecule has 4 N–H and O–H groups in total. The standard InChI is InChI=1S/C15H16N4O.ClH/c16-7-3-8-18-15(20)14-13-11(6-9-17-14)10-4-1-2-5-12(10)19-13;/h1-2,4-6,9,19H,3,7-8,16H2,(H,18,20);1H. The number of carbonyl (C=O) groups is 1. The molecule has 3 rings (SSSR count). The van der Waals surface area contributed by atoms with Crippen molar-refractivity contribution in [3.8, 4) is 0 Å². The number of fused-ring (bicyclic) bond motifs is 3. The van der Waals surface area contributed by atoms with Gasteiger partial charge >= 0.3 is 0 Å². The summed E-state index contributed by atoms with van der Waals surface area (Å²) in [6.07, 6.45) is 2.43. The average Bonchev–Trinajstić information content (AvgIpc) is 2.86. The Hall–Kier alpha value is -2.11. The minimum absolute atomic E-state index is 0. The number of halogens is 1. The Morgan fingerprint density at radius 3 is 2.86 bits per heavy atom. The van der Waals surface area contributed by atoms with Gasteiger partial charge in [-0.1, -0.05) is 18.2 Å². The van der Waals surface area contributed by atoms with Crippen LogP contribution in [-0.2, 0) is 0 Å². The molecule has 3 aromatic rings.